The maximum Gasteiger partial charge on any atom is 0.238 e. The molecule has 60 heavy (non-hydrogen) atoms. The van der Waals surface area contributed by atoms with E-state index in [0.29, 0.717) is 17.6 Å². The van der Waals surface area contributed by atoms with E-state index in [0.717, 1.165) is 22.2 Å². The molecule has 0 fully saturated rings. The molecule has 3 aliphatic rings. The van der Waals surface area contributed by atoms with Crippen LogP contribution in [-0.2, 0) is 5.41 Å². The Labute approximate surface area is 353 Å². The van der Waals surface area contributed by atoms with E-state index in [-0.39, 0.29) is 0 Å². The summed E-state index contributed by atoms with van der Waals surface area (Å²) in [6.07, 6.45) is 0. The Balaban J connectivity index is 1.10. The molecule has 1 aliphatic heterocycles. The number of aromatic nitrogens is 4. The molecule has 6 heteroatoms. The van der Waals surface area contributed by atoms with Gasteiger partial charge in [-0.25, -0.2) is 4.98 Å². The highest BCUT2D eigenvalue weighted by Crippen LogP contribution is 2.63. The van der Waals surface area contributed by atoms with Gasteiger partial charge in [0.15, 0.2) is 11.6 Å². The van der Waals surface area contributed by atoms with E-state index in [4.69, 9.17) is 15.0 Å². The largest absolute Gasteiger partial charge is 0.278 e. The number of rotatable bonds is 3. The van der Waals surface area contributed by atoms with Gasteiger partial charge in [0, 0.05) is 31.7 Å². The summed E-state index contributed by atoms with van der Waals surface area (Å²) in [7, 11) is -1.98. The van der Waals surface area contributed by atoms with Crippen LogP contribution in [0.2, 0.25) is 13.1 Å². The Morgan fingerprint density at radius 3 is 1.83 bits per heavy atom. The summed E-state index contributed by atoms with van der Waals surface area (Å²) in [5.41, 5.74) is 13.8. The monoisotopic (exact) mass is 800 g/mol. The Bertz CT molecular complexity index is 3410. The Hall–Kier alpha value is -6.86. The molecule has 0 saturated carbocycles. The lowest BCUT2D eigenvalue weighted by Gasteiger charge is -2.33. The van der Waals surface area contributed by atoms with Crippen LogP contribution in [0.3, 0.4) is 0 Å². The average molecular weight is 801 g/mol. The first-order valence-corrected chi connectivity index (χ1v) is 24.4. The molecule has 282 valence electrons. The topological polar surface area (TPSA) is 43.6 Å². The van der Waals surface area contributed by atoms with Crippen molar-refractivity contribution in [1.82, 2.24) is 19.5 Å². The Morgan fingerprint density at radius 1 is 0.450 bits per heavy atom. The van der Waals surface area contributed by atoms with E-state index in [9.17, 15) is 0 Å². The first kappa shape index (κ1) is 34.0. The van der Waals surface area contributed by atoms with Crippen LogP contribution in [0.4, 0.5) is 0 Å². The van der Waals surface area contributed by atoms with Crippen LogP contribution in [0.15, 0.2) is 192 Å². The lowest BCUT2D eigenvalue weighted by Crippen LogP contribution is -2.56. The van der Waals surface area contributed by atoms with Crippen molar-refractivity contribution in [3.05, 3.63) is 204 Å². The summed E-state index contributed by atoms with van der Waals surface area (Å²) >= 11 is 1.89. The molecular weight excluding hydrogens is 765 g/mol. The second-order valence-corrected chi connectivity index (χ2v) is 22.1. The van der Waals surface area contributed by atoms with Crippen molar-refractivity contribution in [3.8, 4) is 51.0 Å². The molecule has 13 rings (SSSR count). The normalized spacial score (nSPS) is 14.7. The highest BCUT2D eigenvalue weighted by atomic mass is 32.2. The summed E-state index contributed by atoms with van der Waals surface area (Å²) in [6, 6.07) is 66.5. The molecule has 0 bridgehead atoms. The number of hydrogen-bond donors (Lipinski definition) is 0. The molecule has 10 aromatic rings. The zero-order chi connectivity index (χ0) is 39.7. The Morgan fingerprint density at radius 2 is 1.05 bits per heavy atom. The van der Waals surface area contributed by atoms with Gasteiger partial charge >= 0.3 is 0 Å². The van der Waals surface area contributed by atoms with Gasteiger partial charge in [-0.1, -0.05) is 189 Å². The van der Waals surface area contributed by atoms with Gasteiger partial charge in [-0.15, -0.1) is 0 Å². The van der Waals surface area contributed by atoms with Crippen LogP contribution < -0.4 is 10.4 Å². The molecule has 8 aromatic carbocycles. The zero-order valence-corrected chi connectivity index (χ0v) is 34.8. The molecule has 0 N–H and O–H groups in total. The third kappa shape index (κ3) is 4.44. The predicted octanol–water partition coefficient (Wildman–Crippen LogP) is 11.9. The minimum atomic E-state index is -1.98. The molecule has 3 heterocycles. The summed E-state index contributed by atoms with van der Waals surface area (Å²) in [5, 5.41) is 5.40. The van der Waals surface area contributed by atoms with Gasteiger partial charge in [0.2, 0.25) is 5.95 Å². The van der Waals surface area contributed by atoms with E-state index in [1.54, 1.807) is 0 Å². The molecule has 0 atom stereocenters. The Kier molecular flexibility index (Phi) is 7.00. The molecule has 2 aliphatic carbocycles. The highest BCUT2D eigenvalue weighted by Gasteiger charge is 2.52. The zero-order valence-electron chi connectivity index (χ0n) is 33.0. The lowest BCUT2D eigenvalue weighted by atomic mass is 9.70. The molecular formula is C54H36N4SSi. The summed E-state index contributed by atoms with van der Waals surface area (Å²) < 4.78 is 2.28. The van der Waals surface area contributed by atoms with Crippen LogP contribution in [0, 0.1) is 0 Å². The van der Waals surface area contributed by atoms with E-state index in [2.05, 4.69) is 194 Å². The minimum absolute atomic E-state index is 0.466. The second kappa shape index (κ2) is 12.3. The van der Waals surface area contributed by atoms with Crippen molar-refractivity contribution >= 4 is 52.0 Å². The van der Waals surface area contributed by atoms with Gasteiger partial charge in [-0.2, -0.15) is 9.97 Å². The van der Waals surface area contributed by atoms with Crippen molar-refractivity contribution in [2.75, 3.05) is 0 Å². The van der Waals surface area contributed by atoms with Crippen molar-refractivity contribution in [2.45, 2.75) is 28.3 Å². The van der Waals surface area contributed by atoms with Gasteiger partial charge in [-0.05, 0) is 73.1 Å². The fraction of sp³-hybridized carbons (Fsp3) is 0.0556. The molecule has 0 unspecified atom stereocenters. The fourth-order valence-electron chi connectivity index (χ4n) is 10.8. The van der Waals surface area contributed by atoms with Crippen LogP contribution in [0.5, 0.6) is 0 Å². The third-order valence-corrected chi connectivity index (χ3v) is 18.4. The number of para-hydroxylation sites is 1. The maximum atomic E-state index is 5.55. The molecule has 4 nitrogen and oxygen atoms in total. The number of nitrogens with zero attached hydrogens (tertiary/aromatic N) is 4. The number of fused-ring (bicyclic) bond motifs is 15. The van der Waals surface area contributed by atoms with Crippen LogP contribution in [-0.4, -0.2) is 27.6 Å². The number of benzene rings is 8. The van der Waals surface area contributed by atoms with E-state index in [1.165, 1.54) is 75.4 Å². The summed E-state index contributed by atoms with van der Waals surface area (Å²) in [4.78, 5) is 19.0. The molecule has 1 spiro atoms. The predicted molar refractivity (Wildman–Crippen MR) is 249 cm³/mol. The fourth-order valence-corrected chi connectivity index (χ4v) is 16.2. The summed E-state index contributed by atoms with van der Waals surface area (Å²) in [6.45, 7) is 4.98. The SMILES string of the molecule is C[Si]1(C)c2ccccc2Sc2cc3c(cc21)c1ccccc1n3-c1nc(-c2ccccc2)nc(-c2cccc3c2-c2ccccc2C32c3ccccc3-c3ccccc32)n1. The van der Waals surface area contributed by atoms with Gasteiger partial charge in [0.05, 0.1) is 16.4 Å². The molecule has 2 aromatic heterocycles. The average Bonchev–Trinajstić information content (AvgIpc) is 3.90. The minimum Gasteiger partial charge on any atom is -0.278 e. The second-order valence-electron chi connectivity index (χ2n) is 16.7. The third-order valence-electron chi connectivity index (χ3n) is 13.3. The molecule has 0 saturated heterocycles. The van der Waals surface area contributed by atoms with Gasteiger partial charge in [-0.3, -0.25) is 4.57 Å². The first-order chi connectivity index (χ1) is 29.5. The molecule has 0 amide bonds. The van der Waals surface area contributed by atoms with Crippen molar-refractivity contribution in [2.24, 2.45) is 0 Å². The standard InChI is InChI=1S/C54H36N4SSi/c1-60(2)48-30-15-14-29-46(48)59-47-32-45-39(31-49(47)60)36-21-9-13-28-44(36)58(45)53-56-51(33-17-4-3-5-18-33)55-52(57-53)38-23-16-27-43-50(38)37-22-8-12-26-42(37)54(43)40-24-10-6-19-34(40)35-20-7-11-25-41(35)54/h3-32H,1-2H3. The lowest BCUT2D eigenvalue weighted by molar-refractivity contribution is 0.794. The van der Waals surface area contributed by atoms with Gasteiger partial charge in [0.25, 0.3) is 0 Å². The highest BCUT2D eigenvalue weighted by molar-refractivity contribution is 8.00. The van der Waals surface area contributed by atoms with Crippen molar-refractivity contribution in [3.63, 3.8) is 0 Å². The molecule has 0 radical (unpaired) electrons. The van der Waals surface area contributed by atoms with Crippen molar-refractivity contribution in [1.29, 1.82) is 0 Å². The van der Waals surface area contributed by atoms with Crippen LogP contribution in [0.1, 0.15) is 22.3 Å². The quantitative estimate of drug-likeness (QED) is 0.167. The first-order valence-electron chi connectivity index (χ1n) is 20.6. The van der Waals surface area contributed by atoms with Gasteiger partial charge in [0.1, 0.15) is 8.07 Å². The van der Waals surface area contributed by atoms with Gasteiger partial charge < -0.3 is 0 Å². The van der Waals surface area contributed by atoms with Crippen LogP contribution >= 0.6 is 11.8 Å². The summed E-state index contributed by atoms with van der Waals surface area (Å²) in [5.74, 6) is 1.91. The van der Waals surface area contributed by atoms with Crippen LogP contribution in [0.25, 0.3) is 72.8 Å². The van der Waals surface area contributed by atoms with E-state index in [1.807, 2.05) is 17.8 Å². The smallest absolute Gasteiger partial charge is 0.238 e. The van der Waals surface area contributed by atoms with Crippen molar-refractivity contribution < 1.29 is 0 Å². The number of hydrogen-bond acceptors (Lipinski definition) is 4. The van der Waals surface area contributed by atoms with E-state index < -0.39 is 13.5 Å². The maximum absolute atomic E-state index is 5.55. The van der Waals surface area contributed by atoms with E-state index >= 15 is 0 Å².